The summed E-state index contributed by atoms with van der Waals surface area (Å²) < 4.78 is 0. The van der Waals surface area contributed by atoms with E-state index in [1.54, 1.807) is 0 Å². The first kappa shape index (κ1) is 12.5. The Morgan fingerprint density at radius 2 is 1.48 bits per heavy atom. The van der Waals surface area contributed by atoms with Gasteiger partial charge in [0.2, 0.25) is 0 Å². The maximum absolute atomic E-state index is 4.92. The Labute approximate surface area is 133 Å². The lowest BCUT2D eigenvalue weighted by Gasteiger charge is -2.13. The normalized spacial score (nSPS) is 11.9. The molecule has 0 bridgehead atoms. The molecular formula is C21H14N2. The largest absolute Gasteiger partial charge is 0.244 e. The Hall–Kier alpha value is -3.00. The van der Waals surface area contributed by atoms with Crippen LogP contribution in [0.15, 0.2) is 54.6 Å². The highest BCUT2D eigenvalue weighted by atomic mass is 14.8. The fourth-order valence-corrected chi connectivity index (χ4v) is 3.62. The molecular weight excluding hydrogens is 280 g/mol. The maximum Gasteiger partial charge on any atom is 0.0976 e. The van der Waals surface area contributed by atoms with Crippen LogP contribution in [0.3, 0.4) is 0 Å². The minimum atomic E-state index is 0.933. The zero-order chi connectivity index (χ0) is 15.6. The van der Waals surface area contributed by atoms with E-state index in [0.717, 1.165) is 38.2 Å². The molecule has 0 atom stereocenters. The Morgan fingerprint density at radius 3 is 2.26 bits per heavy atom. The van der Waals surface area contributed by atoms with Crippen molar-refractivity contribution in [3.8, 4) is 0 Å². The van der Waals surface area contributed by atoms with Gasteiger partial charge in [-0.05, 0) is 46.0 Å². The lowest BCUT2D eigenvalue weighted by atomic mass is 9.94. The Morgan fingerprint density at radius 1 is 0.739 bits per heavy atom. The van der Waals surface area contributed by atoms with E-state index in [9.17, 15) is 0 Å². The van der Waals surface area contributed by atoms with Crippen LogP contribution in [0, 0.1) is 6.92 Å². The SMILES string of the molecule is C=c1ccc2cccc3c4nc5ccccc5nc4c(C)c1c23. The van der Waals surface area contributed by atoms with Crippen LogP contribution in [0.5, 0.6) is 0 Å². The Balaban J connectivity index is 2.20. The predicted octanol–water partition coefficient (Wildman–Crippen LogP) is 4.53. The van der Waals surface area contributed by atoms with Gasteiger partial charge in [-0.1, -0.05) is 49.0 Å². The average molecular weight is 294 g/mol. The molecule has 0 N–H and O–H groups in total. The average Bonchev–Trinajstić information content (AvgIpc) is 2.59. The van der Waals surface area contributed by atoms with Crippen LogP contribution in [0.2, 0.25) is 0 Å². The molecule has 1 aromatic heterocycles. The Kier molecular flexibility index (Phi) is 2.32. The molecule has 0 spiro atoms. The van der Waals surface area contributed by atoms with E-state index in [1.165, 1.54) is 16.2 Å². The van der Waals surface area contributed by atoms with E-state index in [-0.39, 0.29) is 0 Å². The van der Waals surface area contributed by atoms with Crippen LogP contribution in [-0.2, 0) is 0 Å². The van der Waals surface area contributed by atoms with Gasteiger partial charge in [-0.3, -0.25) is 0 Å². The van der Waals surface area contributed by atoms with Gasteiger partial charge in [0, 0.05) is 5.39 Å². The molecule has 0 aliphatic carbocycles. The van der Waals surface area contributed by atoms with E-state index >= 15 is 0 Å². The minimum absolute atomic E-state index is 0.933. The summed E-state index contributed by atoms with van der Waals surface area (Å²) in [6, 6.07) is 18.6. The van der Waals surface area contributed by atoms with Crippen LogP contribution in [-0.4, -0.2) is 9.97 Å². The molecule has 5 aromatic rings. The molecule has 0 radical (unpaired) electrons. The summed E-state index contributed by atoms with van der Waals surface area (Å²) in [6.07, 6.45) is 0. The van der Waals surface area contributed by atoms with Gasteiger partial charge in [-0.25, -0.2) is 9.97 Å². The fourth-order valence-electron chi connectivity index (χ4n) is 3.62. The van der Waals surface area contributed by atoms with Crippen molar-refractivity contribution in [1.29, 1.82) is 0 Å². The van der Waals surface area contributed by atoms with Crippen molar-refractivity contribution in [3.05, 3.63) is 65.4 Å². The second-order valence-electron chi connectivity index (χ2n) is 6.04. The number of aromatic nitrogens is 2. The summed E-state index contributed by atoms with van der Waals surface area (Å²) in [5, 5.41) is 5.87. The molecule has 0 aliphatic rings. The van der Waals surface area contributed by atoms with E-state index < -0.39 is 0 Å². The summed E-state index contributed by atoms with van der Waals surface area (Å²) in [6.45, 7) is 6.36. The molecule has 0 fully saturated rings. The van der Waals surface area contributed by atoms with Crippen LogP contribution >= 0.6 is 0 Å². The van der Waals surface area contributed by atoms with Gasteiger partial charge in [0.1, 0.15) is 0 Å². The van der Waals surface area contributed by atoms with Crippen molar-refractivity contribution in [2.75, 3.05) is 0 Å². The van der Waals surface area contributed by atoms with Gasteiger partial charge in [-0.15, -0.1) is 0 Å². The minimum Gasteiger partial charge on any atom is -0.244 e. The maximum atomic E-state index is 4.92. The van der Waals surface area contributed by atoms with Crippen LogP contribution in [0.25, 0.3) is 50.2 Å². The zero-order valence-electron chi connectivity index (χ0n) is 12.8. The zero-order valence-corrected chi connectivity index (χ0v) is 12.8. The lowest BCUT2D eigenvalue weighted by Crippen LogP contribution is -2.03. The molecule has 0 aliphatic heterocycles. The van der Waals surface area contributed by atoms with Crippen LogP contribution < -0.4 is 5.22 Å². The number of benzene rings is 4. The molecule has 108 valence electrons. The number of hydrogen-bond acceptors (Lipinski definition) is 2. The van der Waals surface area contributed by atoms with Crippen LogP contribution in [0.4, 0.5) is 0 Å². The van der Waals surface area contributed by atoms with Crippen molar-refractivity contribution >= 4 is 50.2 Å². The molecule has 2 nitrogen and oxygen atoms in total. The van der Waals surface area contributed by atoms with Crippen molar-refractivity contribution in [2.45, 2.75) is 6.92 Å². The summed E-state index contributed by atoms with van der Waals surface area (Å²) in [5.74, 6) is 0. The smallest absolute Gasteiger partial charge is 0.0976 e. The van der Waals surface area contributed by atoms with Gasteiger partial charge in [-0.2, -0.15) is 0 Å². The third-order valence-corrected chi connectivity index (χ3v) is 4.69. The number of fused-ring (bicyclic) bond motifs is 3. The first-order valence-electron chi connectivity index (χ1n) is 7.73. The molecule has 0 saturated heterocycles. The van der Waals surface area contributed by atoms with Gasteiger partial charge in [0.05, 0.1) is 22.1 Å². The highest BCUT2D eigenvalue weighted by Crippen LogP contribution is 2.34. The third-order valence-electron chi connectivity index (χ3n) is 4.69. The van der Waals surface area contributed by atoms with Gasteiger partial charge < -0.3 is 0 Å². The summed E-state index contributed by atoms with van der Waals surface area (Å²) in [4.78, 5) is 9.81. The molecule has 2 heteroatoms. The first-order chi connectivity index (χ1) is 11.2. The monoisotopic (exact) mass is 294 g/mol. The predicted molar refractivity (Wildman–Crippen MR) is 97.5 cm³/mol. The number of nitrogens with zero attached hydrogens (tertiary/aromatic N) is 2. The molecule has 0 unspecified atom stereocenters. The fraction of sp³-hybridized carbons (Fsp3) is 0.0476. The number of hydrogen-bond donors (Lipinski definition) is 0. The van der Waals surface area contributed by atoms with Crippen molar-refractivity contribution in [3.63, 3.8) is 0 Å². The van der Waals surface area contributed by atoms with E-state index in [2.05, 4.69) is 43.8 Å². The lowest BCUT2D eigenvalue weighted by molar-refractivity contribution is 1.38. The summed E-state index contributed by atoms with van der Waals surface area (Å²) in [5.41, 5.74) is 4.98. The van der Waals surface area contributed by atoms with Gasteiger partial charge in [0.15, 0.2) is 0 Å². The van der Waals surface area contributed by atoms with Crippen molar-refractivity contribution < 1.29 is 0 Å². The third kappa shape index (κ3) is 1.58. The number of rotatable bonds is 0. The first-order valence-corrected chi connectivity index (χ1v) is 7.73. The molecule has 4 aromatic carbocycles. The second kappa shape index (κ2) is 4.26. The Bertz CT molecular complexity index is 1290. The number of para-hydroxylation sites is 2. The molecule has 1 heterocycles. The quantitative estimate of drug-likeness (QED) is 0.310. The molecule has 5 rings (SSSR count). The summed E-state index contributed by atoms with van der Waals surface area (Å²) in [7, 11) is 0. The summed E-state index contributed by atoms with van der Waals surface area (Å²) >= 11 is 0. The standard InChI is InChI=1S/C21H14N2/c1-12-10-11-14-6-5-7-15-19(14)18(12)13(2)20-21(15)23-17-9-4-3-8-16(17)22-20/h3-11H,1H2,2H3. The molecule has 0 amide bonds. The molecule has 23 heavy (non-hydrogen) atoms. The topological polar surface area (TPSA) is 25.8 Å². The van der Waals surface area contributed by atoms with Crippen LogP contribution in [0.1, 0.15) is 5.56 Å². The highest BCUT2D eigenvalue weighted by molar-refractivity contribution is 6.21. The van der Waals surface area contributed by atoms with Gasteiger partial charge >= 0.3 is 0 Å². The van der Waals surface area contributed by atoms with E-state index in [4.69, 9.17) is 9.97 Å². The number of aryl methyl sites for hydroxylation is 1. The molecule has 0 saturated carbocycles. The van der Waals surface area contributed by atoms with Crippen molar-refractivity contribution in [2.24, 2.45) is 0 Å². The van der Waals surface area contributed by atoms with Gasteiger partial charge in [0.25, 0.3) is 0 Å². The van der Waals surface area contributed by atoms with E-state index in [1.807, 2.05) is 24.3 Å². The second-order valence-corrected chi connectivity index (χ2v) is 6.04. The van der Waals surface area contributed by atoms with E-state index in [0.29, 0.717) is 0 Å². The highest BCUT2D eigenvalue weighted by Gasteiger charge is 2.14. The van der Waals surface area contributed by atoms with Crippen molar-refractivity contribution in [1.82, 2.24) is 9.97 Å².